The van der Waals surface area contributed by atoms with Crippen molar-refractivity contribution >= 4 is 17.4 Å². The van der Waals surface area contributed by atoms with Crippen molar-refractivity contribution in [3.63, 3.8) is 0 Å². The van der Waals surface area contributed by atoms with E-state index in [9.17, 15) is 9.18 Å². The molecule has 0 radical (unpaired) electrons. The fourth-order valence-corrected chi connectivity index (χ4v) is 1.58. The van der Waals surface area contributed by atoms with Crippen LogP contribution in [-0.2, 0) is 0 Å². The number of H-pyrrole nitrogens is 1. The molecule has 1 aromatic heterocycles. The zero-order chi connectivity index (χ0) is 13.3. The summed E-state index contributed by atoms with van der Waals surface area (Å²) >= 11 is 0. The molecule has 2 rings (SSSR count). The molecule has 1 amide bonds. The molecule has 0 saturated carbocycles. The predicted molar refractivity (Wildman–Crippen MR) is 66.8 cm³/mol. The number of anilines is 2. The highest BCUT2D eigenvalue weighted by Crippen LogP contribution is 2.19. The van der Waals surface area contributed by atoms with Crippen LogP contribution in [0.1, 0.15) is 21.6 Å². The summed E-state index contributed by atoms with van der Waals surface area (Å²) < 4.78 is 13.2. The molecule has 0 saturated heterocycles. The average molecular weight is 248 g/mol. The SMILES string of the molecule is Cc1cc(F)cc(C(=O)Nc2n[nH]c(C)c2N)c1. The van der Waals surface area contributed by atoms with Gasteiger partial charge in [-0.1, -0.05) is 0 Å². The van der Waals surface area contributed by atoms with Gasteiger partial charge in [-0.15, -0.1) is 0 Å². The molecule has 5 nitrogen and oxygen atoms in total. The monoisotopic (exact) mass is 248 g/mol. The second-order valence-corrected chi connectivity index (χ2v) is 4.08. The molecule has 18 heavy (non-hydrogen) atoms. The molecule has 2 aromatic rings. The number of aryl methyl sites for hydroxylation is 2. The topological polar surface area (TPSA) is 83.8 Å². The number of aromatic amines is 1. The van der Waals surface area contributed by atoms with E-state index in [1.807, 2.05) is 0 Å². The number of amides is 1. The molecule has 0 fully saturated rings. The van der Waals surface area contributed by atoms with Gasteiger partial charge < -0.3 is 11.1 Å². The predicted octanol–water partition coefficient (Wildman–Crippen LogP) is 2.00. The van der Waals surface area contributed by atoms with Crippen molar-refractivity contribution in [3.8, 4) is 0 Å². The highest BCUT2D eigenvalue weighted by atomic mass is 19.1. The number of rotatable bonds is 2. The number of halogens is 1. The van der Waals surface area contributed by atoms with Crippen molar-refractivity contribution in [2.45, 2.75) is 13.8 Å². The van der Waals surface area contributed by atoms with E-state index in [1.54, 1.807) is 19.9 Å². The third-order valence-corrected chi connectivity index (χ3v) is 2.53. The fourth-order valence-electron chi connectivity index (χ4n) is 1.58. The summed E-state index contributed by atoms with van der Waals surface area (Å²) in [6, 6.07) is 4.11. The van der Waals surface area contributed by atoms with Crippen LogP contribution in [0.15, 0.2) is 18.2 Å². The van der Waals surface area contributed by atoms with Crippen LogP contribution in [0.2, 0.25) is 0 Å². The Balaban J connectivity index is 2.24. The molecular weight excluding hydrogens is 235 g/mol. The van der Waals surface area contributed by atoms with E-state index in [4.69, 9.17) is 5.73 Å². The minimum Gasteiger partial charge on any atom is -0.394 e. The Morgan fingerprint density at radius 3 is 2.67 bits per heavy atom. The Bertz CT molecular complexity index is 586. The summed E-state index contributed by atoms with van der Waals surface area (Å²) in [7, 11) is 0. The lowest BCUT2D eigenvalue weighted by Crippen LogP contribution is -2.13. The summed E-state index contributed by atoms with van der Waals surface area (Å²) in [6.07, 6.45) is 0. The van der Waals surface area contributed by atoms with Crippen molar-refractivity contribution < 1.29 is 9.18 Å². The van der Waals surface area contributed by atoms with Crippen LogP contribution in [0.5, 0.6) is 0 Å². The number of nitrogens with one attached hydrogen (secondary N) is 2. The van der Waals surface area contributed by atoms with E-state index in [0.717, 1.165) is 6.07 Å². The lowest BCUT2D eigenvalue weighted by atomic mass is 10.1. The highest BCUT2D eigenvalue weighted by molar-refractivity contribution is 6.05. The quantitative estimate of drug-likeness (QED) is 0.760. The van der Waals surface area contributed by atoms with Gasteiger partial charge in [0.2, 0.25) is 0 Å². The molecule has 94 valence electrons. The second-order valence-electron chi connectivity index (χ2n) is 4.08. The fraction of sp³-hybridized carbons (Fsp3) is 0.167. The van der Waals surface area contributed by atoms with Crippen molar-refractivity contribution in [1.82, 2.24) is 10.2 Å². The number of aromatic nitrogens is 2. The van der Waals surface area contributed by atoms with Crippen LogP contribution in [-0.4, -0.2) is 16.1 Å². The molecule has 4 N–H and O–H groups in total. The highest BCUT2D eigenvalue weighted by Gasteiger charge is 2.12. The molecule has 6 heteroatoms. The van der Waals surface area contributed by atoms with Crippen molar-refractivity contribution in [2.75, 3.05) is 11.1 Å². The number of hydrogen-bond donors (Lipinski definition) is 3. The van der Waals surface area contributed by atoms with E-state index < -0.39 is 11.7 Å². The first-order valence-corrected chi connectivity index (χ1v) is 5.36. The molecule has 0 spiro atoms. The molecule has 0 aliphatic rings. The summed E-state index contributed by atoms with van der Waals surface area (Å²) in [5, 5.41) is 9.03. The summed E-state index contributed by atoms with van der Waals surface area (Å²) in [6.45, 7) is 3.46. The van der Waals surface area contributed by atoms with Crippen LogP contribution < -0.4 is 11.1 Å². The zero-order valence-corrected chi connectivity index (χ0v) is 10.0. The molecule has 0 unspecified atom stereocenters. The van der Waals surface area contributed by atoms with Crippen molar-refractivity contribution in [1.29, 1.82) is 0 Å². The number of benzene rings is 1. The van der Waals surface area contributed by atoms with E-state index in [0.29, 0.717) is 16.9 Å². The number of hydrogen-bond acceptors (Lipinski definition) is 3. The third-order valence-electron chi connectivity index (χ3n) is 2.53. The van der Waals surface area contributed by atoms with Gasteiger partial charge in [-0.3, -0.25) is 9.89 Å². The Morgan fingerprint density at radius 2 is 2.11 bits per heavy atom. The van der Waals surface area contributed by atoms with Crippen LogP contribution in [0.3, 0.4) is 0 Å². The molecule has 0 aliphatic carbocycles. The number of carbonyl (C=O) groups excluding carboxylic acids is 1. The maximum absolute atomic E-state index is 13.2. The van der Waals surface area contributed by atoms with Crippen molar-refractivity contribution in [2.24, 2.45) is 0 Å². The maximum atomic E-state index is 13.2. The molecule has 1 aromatic carbocycles. The Kier molecular flexibility index (Phi) is 3.01. The summed E-state index contributed by atoms with van der Waals surface area (Å²) in [4.78, 5) is 11.9. The number of nitrogens with two attached hydrogens (primary N) is 1. The molecule has 0 atom stereocenters. The normalized spacial score (nSPS) is 10.4. The molecule has 1 heterocycles. The minimum absolute atomic E-state index is 0.229. The van der Waals surface area contributed by atoms with E-state index in [1.165, 1.54) is 6.07 Å². The van der Waals surface area contributed by atoms with Gasteiger partial charge in [0, 0.05) is 5.56 Å². The molecule has 0 bridgehead atoms. The number of nitrogen functional groups attached to an aromatic ring is 1. The smallest absolute Gasteiger partial charge is 0.257 e. The number of nitrogens with zero attached hydrogens (tertiary/aromatic N) is 1. The van der Waals surface area contributed by atoms with E-state index >= 15 is 0 Å². The van der Waals surface area contributed by atoms with Crippen LogP contribution in [0, 0.1) is 19.7 Å². The van der Waals surface area contributed by atoms with Crippen LogP contribution >= 0.6 is 0 Å². The van der Waals surface area contributed by atoms with Crippen molar-refractivity contribution in [3.05, 3.63) is 40.8 Å². The first kappa shape index (κ1) is 12.1. The Morgan fingerprint density at radius 1 is 1.39 bits per heavy atom. The largest absolute Gasteiger partial charge is 0.394 e. The third kappa shape index (κ3) is 2.32. The Hall–Kier alpha value is -2.37. The van der Waals surface area contributed by atoms with Gasteiger partial charge in [-0.2, -0.15) is 5.10 Å². The van der Waals surface area contributed by atoms with Gasteiger partial charge in [0.05, 0.1) is 11.4 Å². The number of carbonyl (C=O) groups is 1. The molecular formula is C12H13FN4O. The van der Waals surface area contributed by atoms with Crippen LogP contribution in [0.4, 0.5) is 15.9 Å². The van der Waals surface area contributed by atoms with Crippen LogP contribution in [0.25, 0.3) is 0 Å². The first-order valence-electron chi connectivity index (χ1n) is 5.36. The van der Waals surface area contributed by atoms with E-state index in [2.05, 4.69) is 15.5 Å². The lowest BCUT2D eigenvalue weighted by Gasteiger charge is -2.04. The van der Waals surface area contributed by atoms with Gasteiger partial charge in [0.1, 0.15) is 5.82 Å². The van der Waals surface area contributed by atoms with Gasteiger partial charge in [0.15, 0.2) is 5.82 Å². The average Bonchev–Trinajstić information content (AvgIpc) is 2.59. The zero-order valence-electron chi connectivity index (χ0n) is 10.0. The maximum Gasteiger partial charge on any atom is 0.257 e. The standard InChI is InChI=1S/C12H13FN4O/c1-6-3-8(5-9(13)4-6)12(18)15-11-10(14)7(2)16-17-11/h3-5H,14H2,1-2H3,(H2,15,16,17,18). The van der Waals surface area contributed by atoms with E-state index in [-0.39, 0.29) is 11.4 Å². The van der Waals surface area contributed by atoms with Gasteiger partial charge >= 0.3 is 0 Å². The lowest BCUT2D eigenvalue weighted by molar-refractivity contribution is 0.102. The second kappa shape index (κ2) is 4.48. The van der Waals surface area contributed by atoms with Gasteiger partial charge in [-0.05, 0) is 37.6 Å². The summed E-state index contributed by atoms with van der Waals surface area (Å²) in [5.41, 5.74) is 7.65. The van der Waals surface area contributed by atoms with Gasteiger partial charge in [-0.25, -0.2) is 4.39 Å². The summed E-state index contributed by atoms with van der Waals surface area (Å²) in [5.74, 6) is -0.651. The Labute approximate surface area is 103 Å². The molecule has 0 aliphatic heterocycles. The first-order chi connectivity index (χ1) is 8.47. The minimum atomic E-state index is -0.452. The van der Waals surface area contributed by atoms with Gasteiger partial charge in [0.25, 0.3) is 5.91 Å².